The van der Waals surface area contributed by atoms with Crippen molar-refractivity contribution in [2.45, 2.75) is 51.2 Å². The van der Waals surface area contributed by atoms with Crippen LogP contribution in [0.4, 0.5) is 5.69 Å². The van der Waals surface area contributed by atoms with Crippen molar-refractivity contribution < 1.29 is 10.2 Å². The quantitative estimate of drug-likeness (QED) is 0.874. The molecule has 20 heavy (non-hydrogen) atoms. The molecule has 0 aliphatic heterocycles. The predicted molar refractivity (Wildman–Crippen MR) is 83.4 cm³/mol. The monoisotopic (exact) mass is 297 g/mol. The van der Waals surface area contributed by atoms with Gasteiger partial charge in [-0.2, -0.15) is 0 Å². The lowest BCUT2D eigenvalue weighted by atomic mass is 9.93. The number of halogens is 1. The average molecular weight is 298 g/mol. The molecule has 0 saturated heterocycles. The van der Waals surface area contributed by atoms with Crippen molar-refractivity contribution in [2.75, 3.05) is 18.1 Å². The molecular weight excluding hydrogens is 274 g/mol. The summed E-state index contributed by atoms with van der Waals surface area (Å²) in [6.45, 7) is 2.49. The summed E-state index contributed by atoms with van der Waals surface area (Å²) in [5, 5.41) is 19.6. The van der Waals surface area contributed by atoms with Crippen LogP contribution < -0.4 is 4.90 Å². The molecule has 2 N–H and O–H groups in total. The summed E-state index contributed by atoms with van der Waals surface area (Å²) >= 11 is 6.26. The highest BCUT2D eigenvalue weighted by molar-refractivity contribution is 6.31. The molecular formula is C16H24ClNO2. The third-order valence-corrected chi connectivity index (χ3v) is 4.45. The Hall–Kier alpha value is -0.770. The zero-order chi connectivity index (χ0) is 14.5. The molecule has 1 saturated carbocycles. The number of hydrogen-bond donors (Lipinski definition) is 2. The molecule has 0 heterocycles. The zero-order valence-corrected chi connectivity index (χ0v) is 12.8. The summed E-state index contributed by atoms with van der Waals surface area (Å²) in [6.07, 6.45) is 5.62. The van der Waals surface area contributed by atoms with Crippen LogP contribution in [-0.4, -0.2) is 29.4 Å². The normalized spacial score (nSPS) is 18.0. The van der Waals surface area contributed by atoms with Gasteiger partial charge in [0.1, 0.15) is 0 Å². The Balaban J connectivity index is 2.22. The fourth-order valence-electron chi connectivity index (χ4n) is 3.06. The molecule has 112 valence electrons. The second-order valence-electron chi connectivity index (χ2n) is 5.59. The number of aliphatic hydroxyl groups is 2. The van der Waals surface area contributed by atoms with E-state index >= 15 is 0 Å². The number of aliphatic hydroxyl groups excluding tert-OH is 2. The second-order valence-corrected chi connectivity index (χ2v) is 6.00. The van der Waals surface area contributed by atoms with Gasteiger partial charge in [-0.05, 0) is 37.5 Å². The highest BCUT2D eigenvalue weighted by atomic mass is 35.5. The van der Waals surface area contributed by atoms with E-state index in [2.05, 4.69) is 4.90 Å². The molecule has 1 fully saturated rings. The Morgan fingerprint density at radius 3 is 2.55 bits per heavy atom. The van der Waals surface area contributed by atoms with E-state index < -0.39 is 6.10 Å². The molecule has 1 aliphatic carbocycles. The van der Waals surface area contributed by atoms with Gasteiger partial charge in [-0.15, -0.1) is 0 Å². The van der Waals surface area contributed by atoms with E-state index in [4.69, 9.17) is 11.6 Å². The van der Waals surface area contributed by atoms with Crippen molar-refractivity contribution in [3.05, 3.63) is 28.8 Å². The van der Waals surface area contributed by atoms with E-state index in [1.54, 1.807) is 6.92 Å². The number of nitrogens with zero attached hydrogens (tertiary/aromatic N) is 1. The molecule has 4 heteroatoms. The van der Waals surface area contributed by atoms with Gasteiger partial charge in [-0.3, -0.25) is 0 Å². The minimum Gasteiger partial charge on any atom is -0.395 e. The van der Waals surface area contributed by atoms with Crippen LogP contribution in [0.1, 0.15) is 50.7 Å². The lowest BCUT2D eigenvalue weighted by molar-refractivity contribution is 0.199. The van der Waals surface area contributed by atoms with Gasteiger partial charge >= 0.3 is 0 Å². The molecule has 0 amide bonds. The van der Waals surface area contributed by atoms with Crippen LogP contribution in [0.5, 0.6) is 0 Å². The van der Waals surface area contributed by atoms with Crippen LogP contribution in [0, 0.1) is 0 Å². The maximum Gasteiger partial charge on any atom is 0.0776 e. The first kappa shape index (κ1) is 15.6. The Kier molecular flexibility index (Phi) is 5.70. The van der Waals surface area contributed by atoms with Crippen LogP contribution in [0.3, 0.4) is 0 Å². The first-order valence-electron chi connectivity index (χ1n) is 7.48. The molecule has 0 aromatic heterocycles. The smallest absolute Gasteiger partial charge is 0.0776 e. The van der Waals surface area contributed by atoms with E-state index in [-0.39, 0.29) is 6.61 Å². The summed E-state index contributed by atoms with van der Waals surface area (Å²) in [5.41, 5.74) is 1.79. The SMILES string of the molecule is CC(O)c1ccc(N(CCO)C2CCCCC2)cc1Cl. The molecule has 0 bridgehead atoms. The van der Waals surface area contributed by atoms with Crippen LogP contribution in [0.2, 0.25) is 5.02 Å². The minimum atomic E-state index is -0.558. The lowest BCUT2D eigenvalue weighted by Crippen LogP contribution is -2.38. The van der Waals surface area contributed by atoms with E-state index in [0.717, 1.165) is 11.3 Å². The van der Waals surface area contributed by atoms with Crippen LogP contribution in [-0.2, 0) is 0 Å². The Morgan fingerprint density at radius 1 is 1.30 bits per heavy atom. The summed E-state index contributed by atoms with van der Waals surface area (Å²) in [4.78, 5) is 2.26. The standard InChI is InChI=1S/C16H24ClNO2/c1-12(20)15-8-7-14(11-16(15)17)18(9-10-19)13-5-3-2-4-6-13/h7-8,11-13,19-20H,2-6,9-10H2,1H3. The first-order chi connectivity index (χ1) is 9.63. The van der Waals surface area contributed by atoms with Crippen molar-refractivity contribution in [2.24, 2.45) is 0 Å². The van der Waals surface area contributed by atoms with Gasteiger partial charge in [0.05, 0.1) is 12.7 Å². The molecule has 0 spiro atoms. The minimum absolute atomic E-state index is 0.145. The van der Waals surface area contributed by atoms with E-state index in [1.807, 2.05) is 18.2 Å². The van der Waals surface area contributed by atoms with Crippen molar-refractivity contribution in [1.29, 1.82) is 0 Å². The molecule has 1 aromatic carbocycles. The van der Waals surface area contributed by atoms with Crippen LogP contribution in [0.15, 0.2) is 18.2 Å². The molecule has 1 unspecified atom stereocenters. The summed E-state index contributed by atoms with van der Waals surface area (Å²) < 4.78 is 0. The average Bonchev–Trinajstić information content (AvgIpc) is 2.45. The zero-order valence-electron chi connectivity index (χ0n) is 12.1. The third kappa shape index (κ3) is 3.66. The summed E-state index contributed by atoms with van der Waals surface area (Å²) in [5.74, 6) is 0. The highest BCUT2D eigenvalue weighted by Crippen LogP contribution is 2.31. The predicted octanol–water partition coefficient (Wildman–Crippen LogP) is 3.52. The first-order valence-corrected chi connectivity index (χ1v) is 7.86. The fourth-order valence-corrected chi connectivity index (χ4v) is 3.39. The van der Waals surface area contributed by atoms with Crippen LogP contribution >= 0.6 is 11.6 Å². The largest absolute Gasteiger partial charge is 0.395 e. The van der Waals surface area contributed by atoms with Gasteiger partial charge in [0.25, 0.3) is 0 Å². The van der Waals surface area contributed by atoms with E-state index in [1.165, 1.54) is 32.1 Å². The Labute approximate surface area is 126 Å². The second kappa shape index (κ2) is 7.30. The van der Waals surface area contributed by atoms with Crippen LogP contribution in [0.25, 0.3) is 0 Å². The molecule has 3 nitrogen and oxygen atoms in total. The van der Waals surface area contributed by atoms with E-state index in [9.17, 15) is 10.2 Å². The summed E-state index contributed by atoms with van der Waals surface area (Å²) in [7, 11) is 0. The third-order valence-electron chi connectivity index (χ3n) is 4.12. The number of benzene rings is 1. The van der Waals surface area contributed by atoms with Gasteiger partial charge in [0.2, 0.25) is 0 Å². The van der Waals surface area contributed by atoms with Gasteiger partial charge in [0.15, 0.2) is 0 Å². The maximum absolute atomic E-state index is 9.65. The Bertz CT molecular complexity index is 430. The molecule has 1 aliphatic rings. The van der Waals surface area contributed by atoms with Gasteiger partial charge < -0.3 is 15.1 Å². The Morgan fingerprint density at radius 2 is 2.00 bits per heavy atom. The van der Waals surface area contributed by atoms with Gasteiger partial charge in [0, 0.05) is 23.3 Å². The number of hydrogen-bond acceptors (Lipinski definition) is 3. The molecule has 1 atom stereocenters. The fraction of sp³-hybridized carbons (Fsp3) is 0.625. The van der Waals surface area contributed by atoms with E-state index in [0.29, 0.717) is 17.6 Å². The molecule has 2 rings (SSSR count). The van der Waals surface area contributed by atoms with Crippen molar-refractivity contribution >= 4 is 17.3 Å². The lowest BCUT2D eigenvalue weighted by Gasteiger charge is -2.36. The number of rotatable bonds is 5. The van der Waals surface area contributed by atoms with Gasteiger partial charge in [-0.1, -0.05) is 36.9 Å². The summed E-state index contributed by atoms with van der Waals surface area (Å²) in [6, 6.07) is 6.28. The molecule has 0 radical (unpaired) electrons. The van der Waals surface area contributed by atoms with Gasteiger partial charge in [-0.25, -0.2) is 0 Å². The molecule has 1 aromatic rings. The van der Waals surface area contributed by atoms with Crippen molar-refractivity contribution in [3.63, 3.8) is 0 Å². The number of anilines is 1. The van der Waals surface area contributed by atoms with Crippen molar-refractivity contribution in [3.8, 4) is 0 Å². The highest BCUT2D eigenvalue weighted by Gasteiger charge is 2.21. The van der Waals surface area contributed by atoms with Crippen molar-refractivity contribution in [1.82, 2.24) is 0 Å². The maximum atomic E-state index is 9.65. The topological polar surface area (TPSA) is 43.7 Å².